The van der Waals surface area contributed by atoms with Crippen LogP contribution in [-0.4, -0.2) is 69.7 Å². The zero-order chi connectivity index (χ0) is 22.2. The van der Waals surface area contributed by atoms with E-state index in [1.54, 1.807) is 0 Å². The normalized spacial score (nSPS) is 26.0. The van der Waals surface area contributed by atoms with E-state index in [1.807, 2.05) is 6.92 Å². The SMILES string of the molecule is C=C(C)CCCCC(C)(C)C1C(CSCC(NC(C)=O)C(=O)O)OCC(O)C1O. The molecule has 0 bridgehead atoms. The largest absolute Gasteiger partial charge is 0.480 e. The number of amides is 1. The average Bonchev–Trinajstić information content (AvgIpc) is 2.60. The van der Waals surface area contributed by atoms with Gasteiger partial charge in [-0.2, -0.15) is 11.8 Å². The Labute approximate surface area is 178 Å². The molecule has 168 valence electrons. The van der Waals surface area contributed by atoms with Crippen LogP contribution in [0.3, 0.4) is 0 Å². The fraction of sp³-hybridized carbons (Fsp3) is 0.810. The van der Waals surface area contributed by atoms with Gasteiger partial charge in [0.05, 0.1) is 18.8 Å². The molecule has 7 nitrogen and oxygen atoms in total. The van der Waals surface area contributed by atoms with Gasteiger partial charge in [-0.05, 0) is 31.6 Å². The molecule has 0 spiro atoms. The summed E-state index contributed by atoms with van der Waals surface area (Å²) in [6, 6.07) is -0.967. The summed E-state index contributed by atoms with van der Waals surface area (Å²) in [5.41, 5.74) is 0.894. The van der Waals surface area contributed by atoms with Crippen LogP contribution in [0.15, 0.2) is 12.2 Å². The molecule has 1 rings (SSSR count). The molecule has 1 aliphatic rings. The van der Waals surface area contributed by atoms with Gasteiger partial charge in [0.1, 0.15) is 12.1 Å². The van der Waals surface area contributed by atoms with Crippen LogP contribution in [0.1, 0.15) is 53.4 Å². The van der Waals surface area contributed by atoms with E-state index in [0.717, 1.165) is 31.3 Å². The first-order valence-corrected chi connectivity index (χ1v) is 11.3. The molecule has 1 aliphatic heterocycles. The maximum atomic E-state index is 11.3. The van der Waals surface area contributed by atoms with E-state index >= 15 is 0 Å². The first-order valence-electron chi connectivity index (χ1n) is 10.2. The van der Waals surface area contributed by atoms with E-state index in [0.29, 0.717) is 5.75 Å². The van der Waals surface area contributed by atoms with Gasteiger partial charge in [0.2, 0.25) is 5.91 Å². The zero-order valence-corrected chi connectivity index (χ0v) is 18.8. The second kappa shape index (κ2) is 11.9. The highest BCUT2D eigenvalue weighted by atomic mass is 32.2. The Kier molecular flexibility index (Phi) is 10.7. The molecular formula is C21H37NO6S. The van der Waals surface area contributed by atoms with Crippen LogP contribution >= 0.6 is 11.8 Å². The first kappa shape index (κ1) is 25.9. The summed E-state index contributed by atoms with van der Waals surface area (Å²) in [5, 5.41) is 32.5. The van der Waals surface area contributed by atoms with Gasteiger partial charge in [-0.3, -0.25) is 4.79 Å². The van der Waals surface area contributed by atoms with Gasteiger partial charge in [0.25, 0.3) is 0 Å². The standard InChI is InChI=1S/C21H37NO6S/c1-13(2)8-6-7-9-21(4,5)18-17(28-10-16(24)19(18)25)12-29-11-15(20(26)27)22-14(3)23/h15-19,24-25H,1,6-12H2,2-5H3,(H,22,23)(H,26,27). The van der Waals surface area contributed by atoms with E-state index in [9.17, 15) is 24.9 Å². The summed E-state index contributed by atoms with van der Waals surface area (Å²) in [7, 11) is 0. The minimum absolute atomic E-state index is 0.0582. The van der Waals surface area contributed by atoms with Gasteiger partial charge in [0, 0.05) is 24.3 Å². The topological polar surface area (TPSA) is 116 Å². The summed E-state index contributed by atoms with van der Waals surface area (Å²) >= 11 is 1.37. The lowest BCUT2D eigenvalue weighted by atomic mass is 9.68. The highest BCUT2D eigenvalue weighted by molar-refractivity contribution is 7.99. The molecule has 5 unspecified atom stereocenters. The predicted octanol–water partition coefficient (Wildman–Crippen LogP) is 2.21. The second-order valence-corrected chi connectivity index (χ2v) is 9.81. The minimum Gasteiger partial charge on any atom is -0.480 e. The fourth-order valence-electron chi connectivity index (χ4n) is 3.90. The van der Waals surface area contributed by atoms with Crippen molar-refractivity contribution in [1.29, 1.82) is 0 Å². The summed E-state index contributed by atoms with van der Waals surface area (Å²) in [6.07, 6.45) is 1.74. The number of nitrogens with one attached hydrogen (secondary N) is 1. The van der Waals surface area contributed by atoms with Crippen LogP contribution in [0.5, 0.6) is 0 Å². The third kappa shape index (κ3) is 8.66. The number of aliphatic hydroxyl groups excluding tert-OH is 2. The Bertz CT molecular complexity index is 567. The number of hydrogen-bond donors (Lipinski definition) is 4. The number of hydrogen-bond acceptors (Lipinski definition) is 6. The second-order valence-electron chi connectivity index (χ2n) is 8.74. The minimum atomic E-state index is -1.08. The highest BCUT2D eigenvalue weighted by Crippen LogP contribution is 2.42. The molecule has 29 heavy (non-hydrogen) atoms. The van der Waals surface area contributed by atoms with Crippen molar-refractivity contribution >= 4 is 23.6 Å². The van der Waals surface area contributed by atoms with Crippen molar-refractivity contribution in [1.82, 2.24) is 5.32 Å². The number of rotatable bonds is 12. The molecule has 5 atom stereocenters. The number of unbranched alkanes of at least 4 members (excludes halogenated alkanes) is 1. The van der Waals surface area contributed by atoms with Crippen LogP contribution in [0.2, 0.25) is 0 Å². The molecule has 1 heterocycles. The number of carboxylic acids is 1. The van der Waals surface area contributed by atoms with Crippen molar-refractivity contribution in [3.8, 4) is 0 Å². The van der Waals surface area contributed by atoms with Crippen molar-refractivity contribution < 1.29 is 29.6 Å². The number of ether oxygens (including phenoxy) is 1. The third-order valence-corrected chi connectivity index (χ3v) is 6.60. The smallest absolute Gasteiger partial charge is 0.327 e. The first-order chi connectivity index (χ1) is 13.5. The third-order valence-electron chi connectivity index (χ3n) is 5.46. The molecule has 4 N–H and O–H groups in total. The molecule has 1 saturated heterocycles. The number of aliphatic carboxylic acids is 1. The van der Waals surface area contributed by atoms with Gasteiger partial charge >= 0.3 is 5.97 Å². The van der Waals surface area contributed by atoms with E-state index in [1.165, 1.54) is 18.7 Å². The van der Waals surface area contributed by atoms with Crippen LogP contribution in [0.25, 0.3) is 0 Å². The van der Waals surface area contributed by atoms with Crippen LogP contribution in [0.4, 0.5) is 0 Å². The number of allylic oxidation sites excluding steroid dienone is 1. The van der Waals surface area contributed by atoms with Crippen molar-refractivity contribution in [2.24, 2.45) is 11.3 Å². The Hall–Kier alpha value is -1.09. The van der Waals surface area contributed by atoms with Crippen molar-refractivity contribution in [2.75, 3.05) is 18.1 Å². The fourth-order valence-corrected chi connectivity index (χ4v) is 5.03. The lowest BCUT2D eigenvalue weighted by Gasteiger charge is -2.47. The number of carbonyl (C=O) groups excluding carboxylic acids is 1. The Balaban J connectivity index is 2.73. The van der Waals surface area contributed by atoms with Crippen LogP contribution in [0, 0.1) is 11.3 Å². The lowest BCUT2D eigenvalue weighted by Crippen LogP contribution is -2.55. The molecular weight excluding hydrogens is 394 g/mol. The molecule has 0 aromatic carbocycles. The molecule has 0 saturated carbocycles. The van der Waals surface area contributed by atoms with E-state index in [4.69, 9.17) is 4.74 Å². The summed E-state index contributed by atoms with van der Waals surface area (Å²) in [4.78, 5) is 22.5. The number of carbonyl (C=O) groups is 2. The predicted molar refractivity (Wildman–Crippen MR) is 115 cm³/mol. The highest BCUT2D eigenvalue weighted by Gasteiger charge is 2.46. The van der Waals surface area contributed by atoms with Gasteiger partial charge in [-0.1, -0.05) is 25.8 Å². The Morgan fingerprint density at radius 3 is 2.48 bits per heavy atom. The lowest BCUT2D eigenvalue weighted by molar-refractivity contribution is -0.180. The monoisotopic (exact) mass is 431 g/mol. The molecule has 1 amide bonds. The van der Waals surface area contributed by atoms with Crippen LogP contribution < -0.4 is 5.32 Å². The number of aliphatic hydroxyl groups is 2. The van der Waals surface area contributed by atoms with E-state index in [2.05, 4.69) is 25.7 Å². The summed E-state index contributed by atoms with van der Waals surface area (Å²) in [5.74, 6) is -1.06. The van der Waals surface area contributed by atoms with Gasteiger partial charge in [-0.15, -0.1) is 6.58 Å². The summed E-state index contributed by atoms with van der Waals surface area (Å²) < 4.78 is 5.85. The molecule has 0 aromatic rings. The zero-order valence-electron chi connectivity index (χ0n) is 18.0. The molecule has 0 radical (unpaired) electrons. The van der Waals surface area contributed by atoms with Gasteiger partial charge in [-0.25, -0.2) is 4.79 Å². The molecule has 0 aliphatic carbocycles. The average molecular weight is 432 g/mol. The van der Waals surface area contributed by atoms with Crippen LogP contribution in [-0.2, 0) is 14.3 Å². The Morgan fingerprint density at radius 1 is 1.28 bits per heavy atom. The number of thioether (sulfide) groups is 1. The van der Waals surface area contributed by atoms with E-state index in [-0.39, 0.29) is 35.7 Å². The van der Waals surface area contributed by atoms with Crippen molar-refractivity contribution in [3.63, 3.8) is 0 Å². The molecule has 1 fully saturated rings. The van der Waals surface area contributed by atoms with Crippen molar-refractivity contribution in [2.45, 2.75) is 77.7 Å². The van der Waals surface area contributed by atoms with Crippen molar-refractivity contribution in [3.05, 3.63) is 12.2 Å². The molecule has 8 heteroatoms. The quantitative estimate of drug-likeness (QED) is 0.276. The van der Waals surface area contributed by atoms with Gasteiger partial charge in [0.15, 0.2) is 0 Å². The molecule has 0 aromatic heterocycles. The van der Waals surface area contributed by atoms with E-state index < -0.39 is 24.2 Å². The number of carboxylic acid groups (broad SMARTS) is 1. The summed E-state index contributed by atoms with van der Waals surface area (Å²) in [6.45, 7) is 11.4. The maximum absolute atomic E-state index is 11.3. The maximum Gasteiger partial charge on any atom is 0.327 e. The Morgan fingerprint density at radius 2 is 1.93 bits per heavy atom. The van der Waals surface area contributed by atoms with Gasteiger partial charge < -0.3 is 25.4 Å².